The van der Waals surface area contributed by atoms with Crippen LogP contribution in [0.2, 0.25) is 0 Å². The van der Waals surface area contributed by atoms with Crippen molar-refractivity contribution in [3.63, 3.8) is 0 Å². The molecule has 0 fully saturated rings. The number of hydrogen-bond donors (Lipinski definition) is 0. The van der Waals surface area contributed by atoms with Crippen LogP contribution in [0.15, 0.2) is 73.3 Å². The minimum atomic E-state index is -5.75. The molecule has 0 amide bonds. The van der Waals surface area contributed by atoms with E-state index in [1.54, 1.807) is 0 Å². The van der Waals surface area contributed by atoms with Crippen molar-refractivity contribution in [3.8, 4) is 22.8 Å². The Morgan fingerprint density at radius 2 is 0.519 bits per heavy atom. The van der Waals surface area contributed by atoms with E-state index in [1.807, 2.05) is 24.8 Å². The molecule has 54 heavy (non-hydrogen) atoms. The van der Waals surface area contributed by atoms with Crippen LogP contribution in [0.3, 0.4) is 0 Å². The fraction of sp³-hybridized carbons (Fsp3) is 0.444. The Hall–Kier alpha value is -2.21. The van der Waals surface area contributed by atoms with Gasteiger partial charge in [0.15, 0.2) is 0 Å². The second-order valence-corrected chi connectivity index (χ2v) is 18.1. The SMILES string of the molecule is CC(C)(C)c1ccnc(-c2cc(C(C)(C)C)ccn2)c1.CC(C)(C)c1ccnc(-c2cc(C(C)(C)C)ccn2)c1.[O-2].[O-2].[O]=[Cr](=[O])([O-])[O-].[O]=[Cr](=[O])([O-])[O-].[V].[V]. The third-order valence-electron chi connectivity index (χ3n) is 7.03. The summed E-state index contributed by atoms with van der Waals surface area (Å²) < 4.78 is 68.8. The molecule has 4 heterocycles. The Kier molecular flexibility index (Phi) is 25.1. The van der Waals surface area contributed by atoms with E-state index in [0.717, 1.165) is 22.8 Å². The summed E-state index contributed by atoms with van der Waals surface area (Å²) >= 11 is -11.5. The maximum atomic E-state index is 8.59. The molecular formula is C36H48Cr2N4O10V2-8. The third-order valence-corrected chi connectivity index (χ3v) is 7.03. The molecule has 4 aromatic heterocycles. The molecule has 0 aromatic carbocycles. The van der Waals surface area contributed by atoms with Crippen LogP contribution in [0.4, 0.5) is 0 Å². The Morgan fingerprint density at radius 3 is 0.630 bits per heavy atom. The van der Waals surface area contributed by atoms with Gasteiger partial charge in [-0.2, -0.15) is 0 Å². The first-order valence-corrected chi connectivity index (χ1v) is 19.7. The molecule has 0 unspecified atom stereocenters. The number of aromatic nitrogens is 4. The van der Waals surface area contributed by atoms with Gasteiger partial charge < -0.3 is 11.0 Å². The van der Waals surface area contributed by atoms with Crippen LogP contribution in [-0.2, 0) is 112 Å². The molecule has 4 rings (SSSR count). The van der Waals surface area contributed by atoms with Crippen LogP contribution >= 0.6 is 0 Å². The van der Waals surface area contributed by atoms with Crippen LogP contribution in [0, 0.1) is 0 Å². The predicted octanol–water partition coefficient (Wildman–Crippen LogP) is 4.00. The fourth-order valence-corrected chi connectivity index (χ4v) is 4.15. The van der Waals surface area contributed by atoms with Gasteiger partial charge in [-0.25, -0.2) is 0 Å². The Labute approximate surface area is 347 Å². The molecule has 14 nitrogen and oxygen atoms in total. The normalized spacial score (nSPS) is 11.4. The minimum absolute atomic E-state index is 0. The topological polar surface area (TPSA) is 269 Å². The van der Waals surface area contributed by atoms with Gasteiger partial charge in [-0.3, -0.25) is 19.9 Å². The average molecular weight is 903 g/mol. The molecule has 0 spiro atoms. The second-order valence-electron chi connectivity index (χ2n) is 15.5. The molecule has 0 saturated heterocycles. The van der Waals surface area contributed by atoms with Gasteiger partial charge in [0, 0.05) is 61.9 Å². The summed E-state index contributed by atoms with van der Waals surface area (Å²) in [5.41, 5.74) is 9.42. The van der Waals surface area contributed by atoms with E-state index in [0.29, 0.717) is 0 Å². The molecule has 0 saturated carbocycles. The van der Waals surface area contributed by atoms with Gasteiger partial charge in [0.1, 0.15) is 0 Å². The standard InChI is InChI=1S/2C18H24N2.2Cr.10O.2V/c2*1-17(2,3)13-7-9-19-15(11-13)16-12-14(8-10-20-16)18(4,5)6;;;;;;;;;;;;;;/h2*7-12H,1-6H3;;;;;;;;;;;;;;/q;;;;;;;;2*-2;4*-1;;. The summed E-state index contributed by atoms with van der Waals surface area (Å²) in [6, 6.07) is 16.9. The van der Waals surface area contributed by atoms with E-state index >= 15 is 0 Å². The van der Waals surface area contributed by atoms with Gasteiger partial charge in [-0.05, 0) is 92.4 Å². The summed E-state index contributed by atoms with van der Waals surface area (Å²) in [6.45, 7) is 26.6. The molecule has 0 N–H and O–H groups in total. The van der Waals surface area contributed by atoms with Gasteiger partial charge in [0.25, 0.3) is 0 Å². The smallest absolute Gasteiger partial charge is 0 e. The van der Waals surface area contributed by atoms with E-state index in [9.17, 15) is 0 Å². The molecule has 18 heteroatoms. The van der Waals surface area contributed by atoms with Crippen molar-refractivity contribution in [2.75, 3.05) is 0 Å². The summed E-state index contributed by atoms with van der Waals surface area (Å²) in [4.78, 5) is 17.9. The van der Waals surface area contributed by atoms with Crippen molar-refractivity contribution < 1.29 is 107 Å². The predicted molar refractivity (Wildman–Crippen MR) is 174 cm³/mol. The van der Waals surface area contributed by atoms with E-state index in [-0.39, 0.29) is 69.7 Å². The molecule has 0 aliphatic rings. The number of pyridine rings is 4. The number of hydrogen-bond acceptors (Lipinski definition) is 12. The molecule has 4 aromatic rings. The summed E-state index contributed by atoms with van der Waals surface area (Å²) in [5.74, 6) is 0. The molecular weight excluding hydrogens is 854 g/mol. The maximum absolute atomic E-state index is 8.59. The molecule has 0 aliphatic carbocycles. The van der Waals surface area contributed by atoms with Gasteiger partial charge >= 0.3 is 59.1 Å². The molecule has 0 atom stereocenters. The Morgan fingerprint density at radius 1 is 0.389 bits per heavy atom. The van der Waals surface area contributed by atoms with Crippen molar-refractivity contribution in [2.24, 2.45) is 0 Å². The largest absolute Gasteiger partial charge is 0 e. The van der Waals surface area contributed by atoms with Crippen LogP contribution in [0.1, 0.15) is 105 Å². The molecule has 0 bridgehead atoms. The zero-order valence-corrected chi connectivity index (χ0v) is 37.9. The summed E-state index contributed by atoms with van der Waals surface area (Å²) in [5, 5.41) is 0. The molecule has 302 valence electrons. The van der Waals surface area contributed by atoms with E-state index in [4.69, 9.17) is 31.8 Å². The molecule has 2 radical (unpaired) electrons. The first kappa shape index (κ1) is 58.5. The molecule has 0 aliphatic heterocycles. The Balaban J connectivity index is -0.000000350. The van der Waals surface area contributed by atoms with Crippen LogP contribution in [0.5, 0.6) is 0 Å². The van der Waals surface area contributed by atoms with Crippen molar-refractivity contribution in [1.82, 2.24) is 19.9 Å². The summed E-state index contributed by atoms with van der Waals surface area (Å²) in [6.07, 6.45) is 7.51. The fourth-order valence-electron chi connectivity index (χ4n) is 4.15. The first-order chi connectivity index (χ1) is 22.4. The zero-order valence-electron chi connectivity index (χ0n) is 32.5. The van der Waals surface area contributed by atoms with Gasteiger partial charge in [0.05, 0.1) is 22.8 Å². The van der Waals surface area contributed by atoms with Gasteiger partial charge in [-0.15, -0.1) is 0 Å². The third kappa shape index (κ3) is 24.3. The summed E-state index contributed by atoms with van der Waals surface area (Å²) in [7, 11) is 0. The monoisotopic (exact) mass is 902 g/mol. The minimum Gasteiger partial charge on any atom is 0 e. The Bertz CT molecular complexity index is 1670. The van der Waals surface area contributed by atoms with Crippen molar-refractivity contribution in [2.45, 2.75) is 105 Å². The van der Waals surface area contributed by atoms with Crippen LogP contribution < -0.4 is 16.6 Å². The van der Waals surface area contributed by atoms with Crippen molar-refractivity contribution >= 4 is 0 Å². The zero-order chi connectivity index (χ0) is 38.9. The maximum Gasteiger partial charge on any atom is 0 e. The van der Waals surface area contributed by atoms with Gasteiger partial charge in [0.2, 0.25) is 0 Å². The van der Waals surface area contributed by atoms with E-state index < -0.39 is 27.2 Å². The van der Waals surface area contributed by atoms with Crippen LogP contribution in [-0.4, -0.2) is 19.9 Å². The second kappa shape index (κ2) is 23.1. The first-order valence-electron chi connectivity index (χ1n) is 15.6. The average Bonchev–Trinajstić information content (AvgIpc) is 2.94. The number of rotatable bonds is 2. The van der Waals surface area contributed by atoms with E-state index in [2.05, 4.69) is 152 Å². The number of nitrogens with zero attached hydrogens (tertiary/aromatic N) is 4. The van der Waals surface area contributed by atoms with Gasteiger partial charge in [-0.1, -0.05) is 83.1 Å². The van der Waals surface area contributed by atoms with Crippen molar-refractivity contribution in [3.05, 3.63) is 95.6 Å². The van der Waals surface area contributed by atoms with Crippen LogP contribution in [0.25, 0.3) is 22.8 Å². The van der Waals surface area contributed by atoms with E-state index in [1.165, 1.54) is 22.3 Å². The quantitative estimate of drug-likeness (QED) is 0.276. The van der Waals surface area contributed by atoms with Crippen molar-refractivity contribution in [1.29, 1.82) is 0 Å².